The molecule has 0 N–H and O–H groups in total. The zero-order valence-electron chi connectivity index (χ0n) is 8.53. The monoisotopic (exact) mass is 228 g/mol. The number of para-hydroxylation sites is 2. The molecule has 0 heterocycles. The number of benzene rings is 1. The summed E-state index contributed by atoms with van der Waals surface area (Å²) in [7, 11) is 1.58. The highest BCUT2D eigenvalue weighted by Gasteiger charge is 2.04. The summed E-state index contributed by atoms with van der Waals surface area (Å²) in [6.07, 6.45) is 0.321. The van der Waals surface area contributed by atoms with E-state index in [1.807, 2.05) is 12.1 Å². The van der Waals surface area contributed by atoms with Gasteiger partial charge in [0.1, 0.15) is 0 Å². The summed E-state index contributed by atoms with van der Waals surface area (Å²) in [4.78, 5) is 10.9. The van der Waals surface area contributed by atoms with Crippen LogP contribution in [0.1, 0.15) is 6.42 Å². The maximum Gasteiger partial charge on any atom is 0.161 e. The van der Waals surface area contributed by atoms with Crippen molar-refractivity contribution >= 4 is 17.4 Å². The molecule has 1 rings (SSSR count). The third-order valence-electron chi connectivity index (χ3n) is 1.86. The molecular formula is C11H13ClO3. The van der Waals surface area contributed by atoms with Crippen LogP contribution in [0.15, 0.2) is 24.3 Å². The molecule has 1 aromatic carbocycles. The summed E-state index contributed by atoms with van der Waals surface area (Å²) < 4.78 is 10.5. The van der Waals surface area contributed by atoms with Gasteiger partial charge in [0.25, 0.3) is 0 Å². The number of hydrogen-bond donors (Lipinski definition) is 0. The van der Waals surface area contributed by atoms with Gasteiger partial charge in [0.15, 0.2) is 17.3 Å². The molecule has 0 radical (unpaired) electrons. The molecule has 1 aromatic rings. The molecule has 0 aromatic heterocycles. The van der Waals surface area contributed by atoms with E-state index in [9.17, 15) is 4.79 Å². The minimum Gasteiger partial charge on any atom is -0.493 e. The first-order valence-corrected chi connectivity index (χ1v) is 5.15. The quantitative estimate of drug-likeness (QED) is 0.701. The summed E-state index contributed by atoms with van der Waals surface area (Å²) in [6.45, 7) is 0.325. The Morgan fingerprint density at radius 2 is 2.00 bits per heavy atom. The first-order valence-electron chi connectivity index (χ1n) is 4.61. The molecule has 0 fully saturated rings. The van der Waals surface area contributed by atoms with E-state index >= 15 is 0 Å². The Labute approximate surface area is 93.9 Å². The molecule has 0 bridgehead atoms. The van der Waals surface area contributed by atoms with Crippen molar-refractivity contribution in [2.45, 2.75) is 6.42 Å². The predicted molar refractivity (Wildman–Crippen MR) is 58.8 cm³/mol. The van der Waals surface area contributed by atoms with Crippen LogP contribution in [0.4, 0.5) is 0 Å². The fraction of sp³-hybridized carbons (Fsp3) is 0.364. The number of halogens is 1. The van der Waals surface area contributed by atoms with Crippen molar-refractivity contribution in [2.75, 3.05) is 19.6 Å². The largest absolute Gasteiger partial charge is 0.493 e. The van der Waals surface area contributed by atoms with E-state index in [4.69, 9.17) is 21.1 Å². The summed E-state index contributed by atoms with van der Waals surface area (Å²) in [5.74, 6) is 1.32. The van der Waals surface area contributed by atoms with Crippen molar-refractivity contribution in [1.82, 2.24) is 0 Å². The van der Waals surface area contributed by atoms with Gasteiger partial charge in [-0.15, -0.1) is 11.6 Å². The number of rotatable bonds is 6. The molecule has 0 saturated carbocycles. The molecule has 0 aliphatic carbocycles. The maximum absolute atomic E-state index is 10.9. The number of alkyl halides is 1. The van der Waals surface area contributed by atoms with Crippen LogP contribution < -0.4 is 9.47 Å². The van der Waals surface area contributed by atoms with Crippen molar-refractivity contribution in [3.8, 4) is 11.5 Å². The van der Waals surface area contributed by atoms with Crippen LogP contribution in [-0.2, 0) is 4.79 Å². The lowest BCUT2D eigenvalue weighted by atomic mass is 10.3. The van der Waals surface area contributed by atoms with E-state index in [1.165, 1.54) is 0 Å². The highest BCUT2D eigenvalue weighted by molar-refractivity contribution is 6.27. The van der Waals surface area contributed by atoms with Crippen molar-refractivity contribution < 1.29 is 14.3 Å². The Hall–Kier alpha value is -1.22. The lowest BCUT2D eigenvalue weighted by Crippen LogP contribution is -2.07. The van der Waals surface area contributed by atoms with Crippen LogP contribution in [0.5, 0.6) is 11.5 Å². The van der Waals surface area contributed by atoms with Crippen molar-refractivity contribution in [1.29, 1.82) is 0 Å². The summed E-state index contributed by atoms with van der Waals surface area (Å²) >= 11 is 5.36. The third-order valence-corrected chi connectivity index (χ3v) is 2.15. The topological polar surface area (TPSA) is 35.5 Å². The van der Waals surface area contributed by atoms with Crippen LogP contribution in [0, 0.1) is 0 Å². The number of ketones is 1. The smallest absolute Gasteiger partial charge is 0.161 e. The fourth-order valence-corrected chi connectivity index (χ4v) is 1.21. The summed E-state index contributed by atoms with van der Waals surface area (Å²) in [6, 6.07) is 7.31. The highest BCUT2D eigenvalue weighted by atomic mass is 35.5. The van der Waals surface area contributed by atoms with E-state index in [0.29, 0.717) is 24.5 Å². The van der Waals surface area contributed by atoms with Crippen LogP contribution in [0.2, 0.25) is 0 Å². The van der Waals surface area contributed by atoms with Gasteiger partial charge in [0.2, 0.25) is 0 Å². The predicted octanol–water partition coefficient (Wildman–Crippen LogP) is 2.27. The number of hydrogen-bond acceptors (Lipinski definition) is 3. The second kappa shape index (κ2) is 6.30. The molecule has 82 valence electrons. The van der Waals surface area contributed by atoms with Crippen molar-refractivity contribution in [2.24, 2.45) is 0 Å². The fourth-order valence-electron chi connectivity index (χ4n) is 1.08. The maximum atomic E-state index is 10.9. The van der Waals surface area contributed by atoms with Crippen LogP contribution in [0.25, 0.3) is 0 Å². The number of carbonyl (C=O) groups excluding carboxylic acids is 1. The first kappa shape index (κ1) is 11.9. The minimum absolute atomic E-state index is 0.0217. The summed E-state index contributed by atoms with van der Waals surface area (Å²) in [5.41, 5.74) is 0. The van der Waals surface area contributed by atoms with Gasteiger partial charge in [-0.3, -0.25) is 4.79 Å². The van der Waals surface area contributed by atoms with Crippen molar-refractivity contribution in [3.05, 3.63) is 24.3 Å². The number of carbonyl (C=O) groups is 1. The second-order valence-electron chi connectivity index (χ2n) is 2.92. The first-order chi connectivity index (χ1) is 7.27. The Bertz CT molecular complexity index is 325. The SMILES string of the molecule is COc1ccccc1OCCC(=O)CCl. The molecule has 0 aliphatic rings. The molecule has 0 atom stereocenters. The molecule has 0 saturated heterocycles. The molecule has 0 unspecified atom stereocenters. The molecule has 0 amide bonds. The van der Waals surface area contributed by atoms with Gasteiger partial charge < -0.3 is 9.47 Å². The highest BCUT2D eigenvalue weighted by Crippen LogP contribution is 2.25. The number of Topliss-reactive ketones (excluding diaryl/α,β-unsaturated/α-hetero) is 1. The molecule has 4 heteroatoms. The second-order valence-corrected chi connectivity index (χ2v) is 3.19. The van der Waals surface area contributed by atoms with Gasteiger partial charge in [-0.05, 0) is 12.1 Å². The van der Waals surface area contributed by atoms with E-state index in [0.717, 1.165) is 0 Å². The average Bonchev–Trinajstić information content (AvgIpc) is 2.29. The van der Waals surface area contributed by atoms with Gasteiger partial charge in [-0.2, -0.15) is 0 Å². The lowest BCUT2D eigenvalue weighted by Gasteiger charge is -2.09. The Morgan fingerprint density at radius 1 is 1.33 bits per heavy atom. The van der Waals surface area contributed by atoms with Crippen LogP contribution >= 0.6 is 11.6 Å². The minimum atomic E-state index is -0.0217. The molecule has 0 spiro atoms. The van der Waals surface area contributed by atoms with E-state index in [1.54, 1.807) is 19.2 Å². The Kier molecular flexibility index (Phi) is 4.98. The van der Waals surface area contributed by atoms with Gasteiger partial charge >= 0.3 is 0 Å². The van der Waals surface area contributed by atoms with Crippen LogP contribution in [-0.4, -0.2) is 25.4 Å². The molecule has 0 aliphatic heterocycles. The van der Waals surface area contributed by atoms with Gasteiger partial charge in [-0.1, -0.05) is 12.1 Å². The standard InChI is InChI=1S/C11H13ClO3/c1-14-10-4-2-3-5-11(10)15-7-6-9(13)8-12/h2-5H,6-8H2,1H3. The average molecular weight is 229 g/mol. The van der Waals surface area contributed by atoms with Gasteiger partial charge in [-0.25, -0.2) is 0 Å². The lowest BCUT2D eigenvalue weighted by molar-refractivity contribution is -0.117. The Balaban J connectivity index is 2.46. The number of ether oxygens (including phenoxy) is 2. The third kappa shape index (κ3) is 3.80. The molecular weight excluding hydrogens is 216 g/mol. The molecule has 15 heavy (non-hydrogen) atoms. The van der Waals surface area contributed by atoms with E-state index < -0.39 is 0 Å². The zero-order valence-corrected chi connectivity index (χ0v) is 9.29. The van der Waals surface area contributed by atoms with Gasteiger partial charge in [0, 0.05) is 6.42 Å². The molecule has 3 nitrogen and oxygen atoms in total. The Morgan fingerprint density at radius 3 is 2.60 bits per heavy atom. The number of methoxy groups -OCH3 is 1. The van der Waals surface area contributed by atoms with E-state index in [2.05, 4.69) is 0 Å². The van der Waals surface area contributed by atoms with E-state index in [-0.39, 0.29) is 11.7 Å². The zero-order chi connectivity index (χ0) is 11.1. The summed E-state index contributed by atoms with van der Waals surface area (Å²) in [5, 5.41) is 0. The van der Waals surface area contributed by atoms with Crippen LogP contribution in [0.3, 0.4) is 0 Å². The van der Waals surface area contributed by atoms with Gasteiger partial charge in [0.05, 0.1) is 19.6 Å². The van der Waals surface area contributed by atoms with Crippen molar-refractivity contribution in [3.63, 3.8) is 0 Å². The normalized spacial score (nSPS) is 9.73.